The van der Waals surface area contributed by atoms with Crippen molar-refractivity contribution in [3.8, 4) is 0 Å². The van der Waals surface area contributed by atoms with E-state index >= 15 is 0 Å². The highest BCUT2D eigenvalue weighted by Crippen LogP contribution is 2.20. The van der Waals surface area contributed by atoms with E-state index in [4.69, 9.17) is 5.14 Å². The molecule has 1 aromatic rings. The lowest BCUT2D eigenvalue weighted by atomic mass is 10.2. The fourth-order valence-corrected chi connectivity index (χ4v) is 2.24. The predicted octanol–water partition coefficient (Wildman–Crippen LogP) is 0.586. The van der Waals surface area contributed by atoms with Crippen molar-refractivity contribution in [2.24, 2.45) is 5.14 Å². The van der Waals surface area contributed by atoms with Crippen molar-refractivity contribution in [3.05, 3.63) is 29.8 Å². The summed E-state index contributed by atoms with van der Waals surface area (Å²) < 4.78 is 22.5. The van der Waals surface area contributed by atoms with E-state index in [1.165, 1.54) is 12.8 Å². The van der Waals surface area contributed by atoms with Crippen LogP contribution in [0.25, 0.3) is 0 Å². The molecule has 1 aliphatic carbocycles. The molecule has 0 bridgehead atoms. The average Bonchev–Trinajstić information content (AvgIpc) is 2.97. The SMILES string of the molecule is NS(=O)(=O)c1ccccc1CNC1CC1. The highest BCUT2D eigenvalue weighted by molar-refractivity contribution is 7.89. The molecule has 0 aliphatic heterocycles. The molecule has 1 aliphatic rings. The van der Waals surface area contributed by atoms with Crippen LogP contribution in [0.2, 0.25) is 0 Å². The molecule has 0 spiro atoms. The molecule has 0 amide bonds. The van der Waals surface area contributed by atoms with E-state index in [-0.39, 0.29) is 4.90 Å². The third kappa shape index (κ3) is 2.77. The molecule has 0 atom stereocenters. The van der Waals surface area contributed by atoms with E-state index in [0.717, 1.165) is 5.56 Å². The van der Waals surface area contributed by atoms with E-state index in [1.54, 1.807) is 18.2 Å². The molecule has 0 unspecified atom stereocenters. The summed E-state index contributed by atoms with van der Waals surface area (Å²) in [5.74, 6) is 0. The number of nitrogens with two attached hydrogens (primary N) is 1. The number of hydrogen-bond donors (Lipinski definition) is 2. The second-order valence-corrected chi connectivity index (χ2v) is 5.34. The van der Waals surface area contributed by atoms with Crippen molar-refractivity contribution in [1.82, 2.24) is 5.32 Å². The van der Waals surface area contributed by atoms with E-state index in [0.29, 0.717) is 12.6 Å². The first-order valence-electron chi connectivity index (χ1n) is 4.91. The van der Waals surface area contributed by atoms with Crippen LogP contribution >= 0.6 is 0 Å². The van der Waals surface area contributed by atoms with Crippen molar-refractivity contribution in [2.75, 3.05) is 0 Å². The molecule has 1 aromatic carbocycles. The van der Waals surface area contributed by atoms with Crippen LogP contribution in [-0.2, 0) is 16.6 Å². The standard InChI is InChI=1S/C10H14N2O2S/c11-15(13,14)10-4-2-1-3-8(10)7-12-9-5-6-9/h1-4,9,12H,5-7H2,(H2,11,13,14). The maximum atomic E-state index is 11.3. The van der Waals surface area contributed by atoms with Crippen molar-refractivity contribution in [1.29, 1.82) is 0 Å². The Kier molecular flexibility index (Phi) is 2.77. The van der Waals surface area contributed by atoms with Crippen molar-refractivity contribution in [2.45, 2.75) is 30.3 Å². The van der Waals surface area contributed by atoms with Crippen molar-refractivity contribution < 1.29 is 8.42 Å². The lowest BCUT2D eigenvalue weighted by molar-refractivity contribution is 0.594. The van der Waals surface area contributed by atoms with Crippen LogP contribution in [0.15, 0.2) is 29.2 Å². The number of primary sulfonamides is 1. The Bertz CT molecular complexity index is 452. The summed E-state index contributed by atoms with van der Waals surface area (Å²) in [4.78, 5) is 0.221. The molecule has 0 saturated heterocycles. The molecule has 82 valence electrons. The molecule has 0 heterocycles. The predicted molar refractivity (Wildman–Crippen MR) is 57.7 cm³/mol. The average molecular weight is 226 g/mol. The van der Waals surface area contributed by atoms with Gasteiger partial charge in [-0.3, -0.25) is 0 Å². The van der Waals surface area contributed by atoms with Gasteiger partial charge >= 0.3 is 0 Å². The number of rotatable bonds is 4. The van der Waals surface area contributed by atoms with Gasteiger partial charge in [-0.15, -0.1) is 0 Å². The molecular weight excluding hydrogens is 212 g/mol. The van der Waals surface area contributed by atoms with Gasteiger partial charge in [-0.1, -0.05) is 18.2 Å². The molecule has 15 heavy (non-hydrogen) atoms. The van der Waals surface area contributed by atoms with Gasteiger partial charge in [0.05, 0.1) is 4.90 Å². The molecule has 1 saturated carbocycles. The first kappa shape index (κ1) is 10.6. The second-order valence-electron chi connectivity index (χ2n) is 3.81. The van der Waals surface area contributed by atoms with Gasteiger partial charge in [0, 0.05) is 12.6 Å². The summed E-state index contributed by atoms with van der Waals surface area (Å²) in [6, 6.07) is 7.38. The van der Waals surface area contributed by atoms with Gasteiger partial charge in [0.2, 0.25) is 10.0 Å². The van der Waals surface area contributed by atoms with Gasteiger partial charge in [0.15, 0.2) is 0 Å². The Morgan fingerprint density at radius 2 is 2.00 bits per heavy atom. The van der Waals surface area contributed by atoms with Crippen molar-refractivity contribution >= 4 is 10.0 Å². The number of hydrogen-bond acceptors (Lipinski definition) is 3. The lowest BCUT2D eigenvalue weighted by Crippen LogP contribution is -2.20. The summed E-state index contributed by atoms with van der Waals surface area (Å²) in [5.41, 5.74) is 0.743. The minimum Gasteiger partial charge on any atom is -0.310 e. The Hall–Kier alpha value is -0.910. The quantitative estimate of drug-likeness (QED) is 0.789. The van der Waals surface area contributed by atoms with Crippen LogP contribution in [-0.4, -0.2) is 14.5 Å². The first-order valence-corrected chi connectivity index (χ1v) is 6.46. The Morgan fingerprint density at radius 3 is 2.60 bits per heavy atom. The van der Waals surface area contributed by atoms with Gasteiger partial charge in [-0.05, 0) is 24.5 Å². The zero-order valence-corrected chi connectivity index (χ0v) is 9.13. The van der Waals surface area contributed by atoms with Crippen LogP contribution in [0.1, 0.15) is 18.4 Å². The summed E-state index contributed by atoms with van der Waals surface area (Å²) >= 11 is 0. The van der Waals surface area contributed by atoms with Crippen LogP contribution < -0.4 is 10.5 Å². The maximum absolute atomic E-state index is 11.3. The summed E-state index contributed by atoms with van der Waals surface area (Å²) in [7, 11) is -3.60. The summed E-state index contributed by atoms with van der Waals surface area (Å²) in [6.07, 6.45) is 2.36. The van der Waals surface area contributed by atoms with E-state index in [9.17, 15) is 8.42 Å². The van der Waals surface area contributed by atoms with Gasteiger partial charge in [0.25, 0.3) is 0 Å². The highest BCUT2D eigenvalue weighted by Gasteiger charge is 2.21. The fourth-order valence-electron chi connectivity index (χ4n) is 1.47. The van der Waals surface area contributed by atoms with Crippen LogP contribution in [0.4, 0.5) is 0 Å². The first-order chi connectivity index (χ1) is 7.07. The van der Waals surface area contributed by atoms with Gasteiger partial charge in [-0.2, -0.15) is 0 Å². The molecule has 3 N–H and O–H groups in total. The molecular formula is C10H14N2O2S. The monoisotopic (exact) mass is 226 g/mol. The Labute approximate surface area is 89.5 Å². The number of benzene rings is 1. The zero-order valence-electron chi connectivity index (χ0n) is 8.31. The van der Waals surface area contributed by atoms with Gasteiger partial charge < -0.3 is 5.32 Å². The lowest BCUT2D eigenvalue weighted by Gasteiger charge is -2.07. The van der Waals surface area contributed by atoms with E-state index in [1.807, 2.05) is 6.07 Å². The fraction of sp³-hybridized carbons (Fsp3) is 0.400. The highest BCUT2D eigenvalue weighted by atomic mass is 32.2. The minimum atomic E-state index is -3.60. The molecule has 0 radical (unpaired) electrons. The largest absolute Gasteiger partial charge is 0.310 e. The second kappa shape index (κ2) is 3.92. The molecule has 2 rings (SSSR count). The van der Waals surface area contributed by atoms with E-state index < -0.39 is 10.0 Å². The third-order valence-electron chi connectivity index (χ3n) is 2.44. The third-order valence-corrected chi connectivity index (χ3v) is 3.45. The van der Waals surface area contributed by atoms with Crippen LogP contribution in [0.5, 0.6) is 0 Å². The minimum absolute atomic E-state index is 0.221. The van der Waals surface area contributed by atoms with E-state index in [2.05, 4.69) is 5.32 Å². The van der Waals surface area contributed by atoms with Crippen LogP contribution in [0, 0.1) is 0 Å². The number of nitrogens with one attached hydrogen (secondary N) is 1. The Balaban J connectivity index is 2.20. The van der Waals surface area contributed by atoms with Gasteiger partial charge in [0.1, 0.15) is 0 Å². The normalized spacial score (nSPS) is 16.6. The zero-order chi connectivity index (χ0) is 10.9. The maximum Gasteiger partial charge on any atom is 0.238 e. The smallest absolute Gasteiger partial charge is 0.238 e. The summed E-state index contributed by atoms with van der Waals surface area (Å²) in [6.45, 7) is 0.567. The van der Waals surface area contributed by atoms with Gasteiger partial charge in [-0.25, -0.2) is 13.6 Å². The molecule has 1 fully saturated rings. The molecule has 0 aromatic heterocycles. The topological polar surface area (TPSA) is 72.2 Å². The molecule has 5 heteroatoms. The van der Waals surface area contributed by atoms with Crippen LogP contribution in [0.3, 0.4) is 0 Å². The molecule has 4 nitrogen and oxygen atoms in total. The summed E-state index contributed by atoms with van der Waals surface area (Å²) in [5, 5.41) is 8.39. The van der Waals surface area contributed by atoms with Crippen molar-refractivity contribution in [3.63, 3.8) is 0 Å². The Morgan fingerprint density at radius 1 is 1.33 bits per heavy atom. The number of sulfonamides is 1.